The summed E-state index contributed by atoms with van der Waals surface area (Å²) in [4.78, 5) is 22.7. The molecule has 0 saturated heterocycles. The third-order valence-corrected chi connectivity index (χ3v) is 5.34. The smallest absolute Gasteiger partial charge is 0.259 e. The van der Waals surface area contributed by atoms with Gasteiger partial charge in [0.2, 0.25) is 5.96 Å². The summed E-state index contributed by atoms with van der Waals surface area (Å²) < 4.78 is 59.2. The minimum atomic E-state index is -2.57. The third kappa shape index (κ3) is 3.36. The van der Waals surface area contributed by atoms with E-state index in [4.69, 9.17) is 9.60 Å². The molecule has 2 aromatic carbocycles. The first-order valence-electron chi connectivity index (χ1n) is 13.2. The summed E-state index contributed by atoms with van der Waals surface area (Å²) >= 11 is 0. The molecule has 0 N–H and O–H groups in total. The molecule has 0 saturated carbocycles. The molecular formula is C24H26N4O. The van der Waals surface area contributed by atoms with E-state index < -0.39 is 25.8 Å². The molecule has 0 radical (unpaired) electrons. The van der Waals surface area contributed by atoms with Gasteiger partial charge in [-0.2, -0.15) is 0 Å². The molecule has 0 spiro atoms. The van der Waals surface area contributed by atoms with Gasteiger partial charge in [-0.1, -0.05) is 54.6 Å². The van der Waals surface area contributed by atoms with Crippen molar-refractivity contribution in [3.63, 3.8) is 0 Å². The van der Waals surface area contributed by atoms with Gasteiger partial charge in [-0.15, -0.1) is 0 Å². The summed E-state index contributed by atoms with van der Waals surface area (Å²) in [5.41, 5.74) is 1.21. The van der Waals surface area contributed by atoms with Crippen LogP contribution in [-0.2, 0) is 17.8 Å². The van der Waals surface area contributed by atoms with Crippen LogP contribution in [0.4, 0.5) is 0 Å². The number of fused-ring (bicyclic) bond motifs is 2. The van der Waals surface area contributed by atoms with Crippen molar-refractivity contribution in [2.24, 2.45) is 4.99 Å². The Kier molecular flexibility index (Phi) is 3.08. The van der Waals surface area contributed by atoms with Crippen molar-refractivity contribution in [3.8, 4) is 0 Å². The molecule has 5 heteroatoms. The van der Waals surface area contributed by atoms with E-state index in [1.807, 2.05) is 11.0 Å². The normalized spacial score (nSPS) is 24.3. The van der Waals surface area contributed by atoms with E-state index in [0.717, 1.165) is 10.6 Å². The van der Waals surface area contributed by atoms with Crippen LogP contribution in [0.3, 0.4) is 0 Å². The van der Waals surface area contributed by atoms with Crippen molar-refractivity contribution in [3.05, 3.63) is 82.6 Å². The zero-order valence-electron chi connectivity index (χ0n) is 22.9. The van der Waals surface area contributed by atoms with Crippen molar-refractivity contribution >= 4 is 11.9 Å². The Labute approximate surface area is 181 Å². The van der Waals surface area contributed by atoms with Crippen molar-refractivity contribution < 1.29 is 14.4 Å². The minimum absolute atomic E-state index is 0.00661. The number of guanidine groups is 1. The Morgan fingerprint density at radius 1 is 1.07 bits per heavy atom. The van der Waals surface area contributed by atoms with Crippen molar-refractivity contribution in [2.75, 3.05) is 26.2 Å². The van der Waals surface area contributed by atoms with Gasteiger partial charge in [-0.25, -0.2) is 0 Å². The van der Waals surface area contributed by atoms with E-state index in [2.05, 4.69) is 4.99 Å². The molecule has 2 aromatic rings. The van der Waals surface area contributed by atoms with Crippen LogP contribution in [0.15, 0.2) is 70.9 Å². The van der Waals surface area contributed by atoms with E-state index in [0.29, 0.717) is 37.2 Å². The van der Waals surface area contributed by atoms with Gasteiger partial charge in [-0.05, 0) is 23.5 Å². The predicted molar refractivity (Wildman–Crippen MR) is 114 cm³/mol. The maximum Gasteiger partial charge on any atom is 0.259 e. The van der Waals surface area contributed by atoms with Crippen molar-refractivity contribution in [1.29, 1.82) is 0 Å². The summed E-state index contributed by atoms with van der Waals surface area (Å²) in [6, 6.07) is 14.6. The number of carbonyl (C=O) groups is 1. The molecule has 0 atom stereocenters. The van der Waals surface area contributed by atoms with Gasteiger partial charge in [0.15, 0.2) is 0 Å². The molecule has 148 valence electrons. The summed E-state index contributed by atoms with van der Waals surface area (Å²) in [5.74, 6) is -0.454. The zero-order valence-corrected chi connectivity index (χ0v) is 15.9. The second-order valence-electron chi connectivity index (χ2n) is 7.21. The highest BCUT2D eigenvalue weighted by Gasteiger charge is 2.40. The van der Waals surface area contributed by atoms with Gasteiger partial charge < -0.3 is 4.90 Å². The lowest BCUT2D eigenvalue weighted by Gasteiger charge is -2.42. The summed E-state index contributed by atoms with van der Waals surface area (Å²) in [6.07, 6.45) is 0.412. The fourth-order valence-electron chi connectivity index (χ4n) is 3.94. The average molecular weight is 394 g/mol. The molecule has 0 fully saturated rings. The van der Waals surface area contributed by atoms with Gasteiger partial charge in [0.25, 0.3) is 5.91 Å². The lowest BCUT2D eigenvalue weighted by Crippen LogP contribution is -2.53. The third-order valence-electron chi connectivity index (χ3n) is 5.34. The van der Waals surface area contributed by atoms with Crippen LogP contribution in [0.5, 0.6) is 0 Å². The van der Waals surface area contributed by atoms with E-state index in [1.54, 1.807) is 35.2 Å². The molecule has 3 aliphatic heterocycles. The van der Waals surface area contributed by atoms with Crippen molar-refractivity contribution in [1.82, 2.24) is 14.7 Å². The Balaban J connectivity index is 1.56. The first kappa shape index (κ1) is 11.9. The molecule has 1 amide bonds. The number of nitrogens with zero attached hydrogens (tertiary/aromatic N) is 4. The van der Waals surface area contributed by atoms with Crippen LogP contribution in [0.1, 0.15) is 32.7 Å². The van der Waals surface area contributed by atoms with E-state index in [-0.39, 0.29) is 23.6 Å². The second-order valence-corrected chi connectivity index (χ2v) is 7.21. The lowest BCUT2D eigenvalue weighted by atomic mass is 9.99. The van der Waals surface area contributed by atoms with Gasteiger partial charge in [-0.3, -0.25) is 19.6 Å². The topological polar surface area (TPSA) is 39.2 Å². The van der Waals surface area contributed by atoms with Crippen LogP contribution >= 0.6 is 0 Å². The van der Waals surface area contributed by atoms with Gasteiger partial charge in [0.05, 0.1) is 21.4 Å². The molecule has 5 nitrogen and oxygen atoms in total. The Bertz CT molecular complexity index is 1260. The SMILES string of the molecule is [2H]C([2H])([2H])c1ccccc1C([2H])([2H])N1C(=O)C2=C(CCN(C([2H])([2H])c3ccccc3)C2)N2CCN=C21. The molecule has 29 heavy (non-hydrogen) atoms. The van der Waals surface area contributed by atoms with Gasteiger partial charge in [0, 0.05) is 45.1 Å². The highest BCUT2D eigenvalue weighted by Crippen LogP contribution is 2.32. The van der Waals surface area contributed by atoms with Gasteiger partial charge >= 0.3 is 0 Å². The quantitative estimate of drug-likeness (QED) is 0.801. The highest BCUT2D eigenvalue weighted by atomic mass is 16.2. The van der Waals surface area contributed by atoms with Crippen LogP contribution in [-0.4, -0.2) is 52.7 Å². The second kappa shape index (κ2) is 7.48. The summed E-state index contributed by atoms with van der Waals surface area (Å²) in [6.45, 7) is -5.68. The first-order valence-corrected chi connectivity index (χ1v) is 9.73. The Hall–Kier alpha value is -2.92. The van der Waals surface area contributed by atoms with Crippen LogP contribution in [0.2, 0.25) is 0 Å². The number of hydrogen-bond donors (Lipinski definition) is 0. The Morgan fingerprint density at radius 3 is 2.76 bits per heavy atom. The number of aliphatic imine (C=N–C) groups is 1. The number of amides is 1. The standard InChI is InChI=1S/C24H26N4O/c1-18-7-5-6-10-20(18)16-28-23(29)21-17-26(15-19-8-3-2-4-9-19)13-11-22(21)27-14-12-25-24(27)28/h2-10H,11-17H2,1H3/i1D3,15D2,16D2. The Morgan fingerprint density at radius 2 is 1.90 bits per heavy atom. The number of rotatable bonds is 4. The fourth-order valence-corrected chi connectivity index (χ4v) is 3.94. The average Bonchev–Trinajstić information content (AvgIpc) is 3.33. The maximum absolute atomic E-state index is 13.9. The molecule has 0 bridgehead atoms. The molecule has 5 rings (SSSR count). The first-order chi connectivity index (χ1) is 16.9. The monoisotopic (exact) mass is 393 g/mol. The molecule has 0 aromatic heterocycles. The molecule has 0 aliphatic carbocycles. The summed E-state index contributed by atoms with van der Waals surface area (Å²) in [7, 11) is 0. The van der Waals surface area contributed by atoms with Gasteiger partial charge in [0.1, 0.15) is 0 Å². The lowest BCUT2D eigenvalue weighted by molar-refractivity contribution is -0.125. The number of benzene rings is 2. The van der Waals surface area contributed by atoms with Crippen LogP contribution < -0.4 is 0 Å². The largest absolute Gasteiger partial charge is 0.314 e. The summed E-state index contributed by atoms with van der Waals surface area (Å²) in [5, 5.41) is 0. The predicted octanol–water partition coefficient (Wildman–Crippen LogP) is 3.17. The molecule has 3 heterocycles. The molecule has 3 aliphatic rings. The van der Waals surface area contributed by atoms with E-state index in [1.165, 1.54) is 18.2 Å². The van der Waals surface area contributed by atoms with Crippen molar-refractivity contribution in [2.45, 2.75) is 26.3 Å². The number of aryl methyl sites for hydroxylation is 1. The van der Waals surface area contributed by atoms with Crippen LogP contribution in [0.25, 0.3) is 0 Å². The number of carbonyl (C=O) groups excluding carboxylic acids is 1. The fraction of sp³-hybridized carbons (Fsp3) is 0.333. The highest BCUT2D eigenvalue weighted by molar-refractivity contribution is 6.09. The maximum atomic E-state index is 13.9. The minimum Gasteiger partial charge on any atom is -0.314 e. The zero-order chi connectivity index (χ0) is 25.9. The molecule has 0 unspecified atom stereocenters. The van der Waals surface area contributed by atoms with E-state index >= 15 is 0 Å². The van der Waals surface area contributed by atoms with Crippen LogP contribution in [0, 0.1) is 6.85 Å². The molecular weight excluding hydrogens is 360 g/mol. The van der Waals surface area contributed by atoms with E-state index in [9.17, 15) is 4.79 Å². The number of hydrogen-bond acceptors (Lipinski definition) is 4.